The molecule has 0 aliphatic carbocycles. The molecule has 7 nitrogen and oxygen atoms in total. The lowest BCUT2D eigenvalue weighted by atomic mass is 10.2. The second-order valence-electron chi connectivity index (χ2n) is 5.76. The summed E-state index contributed by atoms with van der Waals surface area (Å²) in [6.45, 7) is 2.73. The number of hydrogen-bond donors (Lipinski definition) is 1. The Hall–Kier alpha value is -2.87. The van der Waals surface area contributed by atoms with Crippen LogP contribution in [0.15, 0.2) is 36.7 Å². The van der Waals surface area contributed by atoms with Crippen LogP contribution in [0.25, 0.3) is 0 Å². The summed E-state index contributed by atoms with van der Waals surface area (Å²) < 4.78 is 13.2. The quantitative estimate of drug-likeness (QED) is 0.899. The molecule has 1 amide bonds. The molecule has 1 fully saturated rings. The van der Waals surface area contributed by atoms with Gasteiger partial charge < -0.3 is 10.0 Å². The van der Waals surface area contributed by atoms with Crippen molar-refractivity contribution in [1.29, 1.82) is 0 Å². The fraction of sp³-hybridized carbons (Fsp3) is 0.294. The Kier molecular flexibility index (Phi) is 4.99. The lowest BCUT2D eigenvalue weighted by molar-refractivity contribution is 0.0600. The molecule has 0 saturated carbocycles. The molecule has 2 heterocycles. The summed E-state index contributed by atoms with van der Waals surface area (Å²) in [7, 11) is 0. The average Bonchev–Trinajstić information content (AvgIpc) is 2.62. The topological polar surface area (TPSA) is 86.6 Å². The highest BCUT2D eigenvalue weighted by molar-refractivity contribution is 6.02. The lowest BCUT2D eigenvalue weighted by Gasteiger charge is -2.34. The van der Waals surface area contributed by atoms with Crippen molar-refractivity contribution in [2.75, 3.05) is 26.2 Å². The molecule has 0 bridgehead atoms. The molecule has 1 aliphatic heterocycles. The zero-order chi connectivity index (χ0) is 17.8. The number of carbonyl (C=O) groups excluding carboxylic acids is 1. The average molecular weight is 344 g/mol. The van der Waals surface area contributed by atoms with Crippen LogP contribution in [0.1, 0.15) is 26.5 Å². The van der Waals surface area contributed by atoms with Crippen molar-refractivity contribution in [3.05, 3.63) is 59.4 Å². The van der Waals surface area contributed by atoms with Gasteiger partial charge in [-0.3, -0.25) is 9.69 Å². The van der Waals surface area contributed by atoms with E-state index in [-0.39, 0.29) is 17.2 Å². The van der Waals surface area contributed by atoms with Crippen LogP contribution in [-0.4, -0.2) is 62.9 Å². The van der Waals surface area contributed by atoms with E-state index in [1.54, 1.807) is 11.0 Å². The van der Waals surface area contributed by atoms with Gasteiger partial charge in [0.05, 0.1) is 0 Å². The van der Waals surface area contributed by atoms with Crippen molar-refractivity contribution in [3.8, 4) is 0 Å². The van der Waals surface area contributed by atoms with Crippen LogP contribution < -0.4 is 0 Å². The minimum atomic E-state index is -1.28. The minimum Gasteiger partial charge on any atom is -0.476 e. The van der Waals surface area contributed by atoms with Crippen molar-refractivity contribution in [3.63, 3.8) is 0 Å². The SMILES string of the molecule is O=C(O)c1nccnc1C(=O)N1CCN(Cc2cccc(F)c2)CC1. The monoisotopic (exact) mass is 344 g/mol. The molecular formula is C17H17FN4O3. The number of aromatic carboxylic acids is 1. The summed E-state index contributed by atoms with van der Waals surface area (Å²) in [5.74, 6) is -1.98. The molecule has 1 aromatic heterocycles. The molecule has 130 valence electrons. The van der Waals surface area contributed by atoms with E-state index in [4.69, 9.17) is 5.11 Å². The number of hydrogen-bond acceptors (Lipinski definition) is 5. The molecule has 0 spiro atoms. The Balaban J connectivity index is 1.62. The second-order valence-corrected chi connectivity index (χ2v) is 5.76. The minimum absolute atomic E-state index is 0.145. The molecule has 1 aromatic carbocycles. The predicted octanol–water partition coefficient (Wildman–Crippen LogP) is 1.27. The lowest BCUT2D eigenvalue weighted by Crippen LogP contribution is -2.48. The van der Waals surface area contributed by atoms with E-state index < -0.39 is 11.9 Å². The smallest absolute Gasteiger partial charge is 0.356 e. The van der Waals surface area contributed by atoms with Gasteiger partial charge in [0.15, 0.2) is 11.4 Å². The van der Waals surface area contributed by atoms with E-state index in [1.165, 1.54) is 24.5 Å². The van der Waals surface area contributed by atoms with Gasteiger partial charge in [0.25, 0.3) is 5.91 Å². The van der Waals surface area contributed by atoms with Crippen molar-refractivity contribution < 1.29 is 19.1 Å². The first-order valence-electron chi connectivity index (χ1n) is 7.85. The van der Waals surface area contributed by atoms with E-state index >= 15 is 0 Å². The molecule has 8 heteroatoms. The van der Waals surface area contributed by atoms with Crippen LogP contribution in [0.4, 0.5) is 4.39 Å². The van der Waals surface area contributed by atoms with E-state index in [0.717, 1.165) is 5.56 Å². The number of carboxylic acid groups (broad SMARTS) is 1. The summed E-state index contributed by atoms with van der Waals surface area (Å²) in [5.41, 5.74) is 0.394. The molecule has 1 saturated heterocycles. The summed E-state index contributed by atoms with van der Waals surface area (Å²) in [5, 5.41) is 9.13. The Bertz CT molecular complexity index is 791. The van der Waals surface area contributed by atoms with Gasteiger partial charge in [0, 0.05) is 45.1 Å². The third-order valence-corrected chi connectivity index (χ3v) is 4.06. The van der Waals surface area contributed by atoms with Gasteiger partial charge in [-0.25, -0.2) is 19.2 Å². The van der Waals surface area contributed by atoms with Gasteiger partial charge in [-0.1, -0.05) is 12.1 Å². The predicted molar refractivity (Wildman–Crippen MR) is 86.6 cm³/mol. The normalized spacial score (nSPS) is 15.2. The van der Waals surface area contributed by atoms with E-state index in [9.17, 15) is 14.0 Å². The van der Waals surface area contributed by atoms with Crippen LogP contribution in [0.2, 0.25) is 0 Å². The zero-order valence-electron chi connectivity index (χ0n) is 13.4. The third kappa shape index (κ3) is 3.97. The van der Waals surface area contributed by atoms with Crippen LogP contribution in [-0.2, 0) is 6.54 Å². The maximum absolute atomic E-state index is 13.2. The van der Waals surface area contributed by atoms with Gasteiger partial charge in [-0.2, -0.15) is 0 Å². The maximum Gasteiger partial charge on any atom is 0.356 e. The molecular weight excluding hydrogens is 327 g/mol. The molecule has 0 radical (unpaired) electrons. The first-order chi connectivity index (χ1) is 12.0. The molecule has 0 unspecified atom stereocenters. The number of nitrogens with zero attached hydrogens (tertiary/aromatic N) is 4. The van der Waals surface area contributed by atoms with E-state index in [0.29, 0.717) is 32.7 Å². The number of carboxylic acids is 1. The van der Waals surface area contributed by atoms with Crippen molar-refractivity contribution in [1.82, 2.24) is 19.8 Å². The summed E-state index contributed by atoms with van der Waals surface area (Å²) in [6.07, 6.45) is 2.55. The van der Waals surface area contributed by atoms with Crippen LogP contribution in [0, 0.1) is 5.82 Å². The zero-order valence-corrected chi connectivity index (χ0v) is 13.4. The van der Waals surface area contributed by atoms with Crippen molar-refractivity contribution in [2.24, 2.45) is 0 Å². The molecule has 3 rings (SSSR count). The Labute approximate surface area is 143 Å². The Morgan fingerprint density at radius 2 is 1.76 bits per heavy atom. The molecule has 0 atom stereocenters. The van der Waals surface area contributed by atoms with Crippen LogP contribution in [0.3, 0.4) is 0 Å². The first kappa shape index (κ1) is 17.0. The largest absolute Gasteiger partial charge is 0.476 e. The van der Waals surface area contributed by atoms with Gasteiger partial charge in [0.2, 0.25) is 0 Å². The fourth-order valence-electron chi connectivity index (χ4n) is 2.80. The maximum atomic E-state index is 13.2. The fourth-order valence-corrected chi connectivity index (χ4v) is 2.80. The van der Waals surface area contributed by atoms with Gasteiger partial charge in [-0.05, 0) is 17.7 Å². The van der Waals surface area contributed by atoms with Crippen molar-refractivity contribution >= 4 is 11.9 Å². The number of piperazine rings is 1. The molecule has 2 aromatic rings. The number of aromatic nitrogens is 2. The number of amides is 1. The highest BCUT2D eigenvalue weighted by Gasteiger charge is 2.27. The third-order valence-electron chi connectivity index (χ3n) is 4.06. The number of halogens is 1. The summed E-state index contributed by atoms with van der Waals surface area (Å²) in [4.78, 5) is 35.0. The molecule has 1 aliphatic rings. The van der Waals surface area contributed by atoms with Crippen LogP contribution >= 0.6 is 0 Å². The molecule has 25 heavy (non-hydrogen) atoms. The second kappa shape index (κ2) is 7.35. The van der Waals surface area contributed by atoms with Crippen molar-refractivity contribution in [2.45, 2.75) is 6.54 Å². The number of benzene rings is 1. The van der Waals surface area contributed by atoms with E-state index in [2.05, 4.69) is 14.9 Å². The highest BCUT2D eigenvalue weighted by Crippen LogP contribution is 2.13. The number of carbonyl (C=O) groups is 2. The summed E-state index contributed by atoms with van der Waals surface area (Å²) in [6, 6.07) is 6.43. The Morgan fingerprint density at radius 1 is 1.08 bits per heavy atom. The first-order valence-corrected chi connectivity index (χ1v) is 7.85. The van der Waals surface area contributed by atoms with E-state index in [1.807, 2.05) is 6.07 Å². The number of rotatable bonds is 4. The van der Waals surface area contributed by atoms with Gasteiger partial charge in [-0.15, -0.1) is 0 Å². The van der Waals surface area contributed by atoms with Gasteiger partial charge in [0.1, 0.15) is 5.82 Å². The Morgan fingerprint density at radius 3 is 2.40 bits per heavy atom. The van der Waals surface area contributed by atoms with Gasteiger partial charge >= 0.3 is 5.97 Å². The summed E-state index contributed by atoms with van der Waals surface area (Å²) >= 11 is 0. The standard InChI is InChI=1S/C17H17FN4O3/c18-13-3-1-2-12(10-13)11-21-6-8-22(9-7-21)16(23)14-15(17(24)25)20-5-4-19-14/h1-5,10H,6-9,11H2,(H,24,25). The molecule has 1 N–H and O–H groups in total. The van der Waals surface area contributed by atoms with Crippen LogP contribution in [0.5, 0.6) is 0 Å². The highest BCUT2D eigenvalue weighted by atomic mass is 19.1.